The first kappa shape index (κ1) is 20.8. The number of amides is 2. The fourth-order valence-electron chi connectivity index (χ4n) is 3.69. The zero-order valence-corrected chi connectivity index (χ0v) is 16.8. The molecule has 1 aromatic heterocycles. The molecule has 9 heteroatoms. The molecule has 3 aromatic rings. The molecule has 4 rings (SSSR count). The number of morpholine rings is 1. The number of carbonyl (C=O) groups is 2. The van der Waals surface area contributed by atoms with Crippen molar-refractivity contribution in [3.8, 4) is 5.75 Å². The van der Waals surface area contributed by atoms with Crippen molar-refractivity contribution in [2.75, 3.05) is 26.3 Å². The van der Waals surface area contributed by atoms with E-state index in [1.54, 1.807) is 11.0 Å². The van der Waals surface area contributed by atoms with E-state index in [2.05, 4.69) is 5.16 Å². The fraction of sp³-hybridized carbons (Fsp3) is 0.318. The van der Waals surface area contributed by atoms with Gasteiger partial charge in [0.2, 0.25) is 11.8 Å². The minimum atomic E-state index is -1.10. The van der Waals surface area contributed by atoms with Gasteiger partial charge in [0.15, 0.2) is 5.58 Å². The third-order valence-electron chi connectivity index (χ3n) is 5.18. The van der Waals surface area contributed by atoms with Crippen molar-refractivity contribution in [3.05, 3.63) is 60.0 Å². The Morgan fingerprint density at radius 1 is 1.19 bits per heavy atom. The molecule has 0 spiro atoms. The molecule has 1 fully saturated rings. The van der Waals surface area contributed by atoms with E-state index in [-0.39, 0.29) is 44.3 Å². The molecule has 8 nitrogen and oxygen atoms in total. The molecule has 2 amide bonds. The summed E-state index contributed by atoms with van der Waals surface area (Å²) in [4.78, 5) is 26.3. The maximum Gasteiger partial charge on any atom is 0.228 e. The lowest BCUT2D eigenvalue weighted by Crippen LogP contribution is -2.58. The smallest absolute Gasteiger partial charge is 0.228 e. The van der Waals surface area contributed by atoms with Crippen molar-refractivity contribution in [1.29, 1.82) is 0 Å². The van der Waals surface area contributed by atoms with Crippen molar-refractivity contribution in [2.24, 2.45) is 5.73 Å². The zero-order chi connectivity index (χ0) is 21.8. The predicted octanol–water partition coefficient (Wildman–Crippen LogP) is 2.06. The average molecular weight is 427 g/mol. The van der Waals surface area contributed by atoms with Crippen LogP contribution in [0.15, 0.2) is 53.1 Å². The van der Waals surface area contributed by atoms with Crippen LogP contribution in [-0.2, 0) is 20.7 Å². The van der Waals surface area contributed by atoms with E-state index in [0.717, 1.165) is 5.39 Å². The fourth-order valence-corrected chi connectivity index (χ4v) is 3.69. The molecule has 31 heavy (non-hydrogen) atoms. The Labute approximate surface area is 177 Å². The van der Waals surface area contributed by atoms with Crippen LogP contribution >= 0.6 is 0 Å². The highest BCUT2D eigenvalue weighted by molar-refractivity contribution is 5.86. The monoisotopic (exact) mass is 427 g/mol. The maximum atomic E-state index is 13.1. The quantitative estimate of drug-likeness (QED) is 0.618. The van der Waals surface area contributed by atoms with Crippen molar-refractivity contribution in [2.45, 2.75) is 18.4 Å². The van der Waals surface area contributed by atoms with Crippen LogP contribution in [0.25, 0.3) is 11.0 Å². The highest BCUT2D eigenvalue weighted by Crippen LogP contribution is 2.26. The number of nitrogens with two attached hydrogens (primary N) is 1. The van der Waals surface area contributed by atoms with Gasteiger partial charge in [0.05, 0.1) is 26.0 Å². The van der Waals surface area contributed by atoms with Crippen LogP contribution < -0.4 is 10.5 Å². The minimum absolute atomic E-state index is 0.0156. The number of halogens is 1. The van der Waals surface area contributed by atoms with E-state index < -0.39 is 11.5 Å². The van der Waals surface area contributed by atoms with Gasteiger partial charge in [0.1, 0.15) is 29.5 Å². The molecule has 0 aliphatic carbocycles. The summed E-state index contributed by atoms with van der Waals surface area (Å²) in [7, 11) is 0. The van der Waals surface area contributed by atoms with E-state index in [9.17, 15) is 14.0 Å². The number of hydrogen-bond acceptors (Lipinski definition) is 6. The van der Waals surface area contributed by atoms with Crippen molar-refractivity contribution in [3.63, 3.8) is 0 Å². The Bertz CT molecular complexity index is 1080. The van der Waals surface area contributed by atoms with Crippen molar-refractivity contribution >= 4 is 22.8 Å². The van der Waals surface area contributed by atoms with Crippen LogP contribution in [0.1, 0.15) is 12.1 Å². The lowest BCUT2D eigenvalue weighted by Gasteiger charge is -2.42. The van der Waals surface area contributed by atoms with Crippen molar-refractivity contribution < 1.29 is 28.0 Å². The zero-order valence-electron chi connectivity index (χ0n) is 16.8. The molecule has 1 saturated heterocycles. The van der Waals surface area contributed by atoms with E-state index in [0.29, 0.717) is 23.6 Å². The standard InChI is InChI=1S/C22H22FN3O5/c23-15-5-7-16(8-6-15)29-14-22(12-20(24)27)13-26(9-10-30-22)21(28)11-18-17-3-1-2-4-19(17)31-25-18/h1-8H,9-14H2,(H2,24,27)/t22-/m0/s1. The van der Waals surface area contributed by atoms with Gasteiger partial charge in [0, 0.05) is 11.9 Å². The second-order valence-electron chi connectivity index (χ2n) is 7.53. The van der Waals surface area contributed by atoms with Crippen molar-refractivity contribution in [1.82, 2.24) is 10.1 Å². The molecule has 0 bridgehead atoms. The third-order valence-corrected chi connectivity index (χ3v) is 5.18. The molecule has 0 unspecified atom stereocenters. The lowest BCUT2D eigenvalue weighted by molar-refractivity contribution is -0.161. The van der Waals surface area contributed by atoms with Gasteiger partial charge in [-0.1, -0.05) is 17.3 Å². The predicted molar refractivity (Wildman–Crippen MR) is 109 cm³/mol. The molecule has 1 atom stereocenters. The van der Waals surface area contributed by atoms with Gasteiger partial charge in [-0.3, -0.25) is 9.59 Å². The average Bonchev–Trinajstić information content (AvgIpc) is 3.16. The SMILES string of the molecule is NC(=O)C[C@@]1(COc2ccc(F)cc2)CN(C(=O)Cc2noc3ccccc23)CCO1. The first-order chi connectivity index (χ1) is 14.9. The Hall–Kier alpha value is -3.46. The number of carbonyl (C=O) groups excluding carboxylic acids is 2. The van der Waals surface area contributed by atoms with Gasteiger partial charge < -0.3 is 24.6 Å². The summed E-state index contributed by atoms with van der Waals surface area (Å²) in [6, 6.07) is 12.8. The summed E-state index contributed by atoms with van der Waals surface area (Å²) >= 11 is 0. The second-order valence-corrected chi connectivity index (χ2v) is 7.53. The van der Waals surface area contributed by atoms with Gasteiger partial charge >= 0.3 is 0 Å². The molecular formula is C22H22FN3O5. The molecule has 162 valence electrons. The highest BCUT2D eigenvalue weighted by Gasteiger charge is 2.41. The van der Waals surface area contributed by atoms with Crippen LogP contribution in [0.4, 0.5) is 4.39 Å². The number of aromatic nitrogens is 1. The first-order valence-electron chi connectivity index (χ1n) is 9.86. The molecule has 2 N–H and O–H groups in total. The van der Waals surface area contributed by atoms with Crippen LogP contribution in [0, 0.1) is 5.82 Å². The summed E-state index contributed by atoms with van der Waals surface area (Å²) in [5.41, 5.74) is 5.51. The number of primary amides is 1. The number of ether oxygens (including phenoxy) is 2. The third kappa shape index (κ3) is 4.83. The van der Waals surface area contributed by atoms with E-state index >= 15 is 0 Å². The number of rotatable bonds is 7. The lowest BCUT2D eigenvalue weighted by atomic mass is 9.97. The number of para-hydroxylation sites is 1. The van der Waals surface area contributed by atoms with Gasteiger partial charge in [-0.15, -0.1) is 0 Å². The van der Waals surface area contributed by atoms with Gasteiger partial charge in [-0.25, -0.2) is 4.39 Å². The number of hydrogen-bond donors (Lipinski definition) is 1. The molecular weight excluding hydrogens is 405 g/mol. The molecule has 0 radical (unpaired) electrons. The molecule has 1 aliphatic rings. The van der Waals surface area contributed by atoms with Crippen LogP contribution in [-0.4, -0.2) is 53.8 Å². The van der Waals surface area contributed by atoms with Crippen LogP contribution in [0.5, 0.6) is 5.75 Å². The summed E-state index contributed by atoms with van der Waals surface area (Å²) in [5, 5.41) is 4.80. The Kier molecular flexibility index (Phi) is 5.85. The normalized spacial score (nSPS) is 18.8. The number of nitrogens with zero attached hydrogens (tertiary/aromatic N) is 2. The minimum Gasteiger partial charge on any atom is -0.490 e. The largest absolute Gasteiger partial charge is 0.490 e. The van der Waals surface area contributed by atoms with Gasteiger partial charge in [-0.05, 0) is 36.4 Å². The molecule has 2 heterocycles. The second kappa shape index (κ2) is 8.73. The van der Waals surface area contributed by atoms with E-state index in [1.165, 1.54) is 24.3 Å². The summed E-state index contributed by atoms with van der Waals surface area (Å²) < 4.78 is 30.0. The Balaban J connectivity index is 1.47. The number of benzene rings is 2. The molecule has 1 aliphatic heterocycles. The van der Waals surface area contributed by atoms with E-state index in [4.69, 9.17) is 19.7 Å². The molecule has 2 aromatic carbocycles. The Morgan fingerprint density at radius 3 is 2.74 bits per heavy atom. The molecule has 0 saturated carbocycles. The first-order valence-corrected chi connectivity index (χ1v) is 9.86. The number of fused-ring (bicyclic) bond motifs is 1. The highest BCUT2D eigenvalue weighted by atomic mass is 19.1. The van der Waals surface area contributed by atoms with Crippen LogP contribution in [0.2, 0.25) is 0 Å². The maximum absolute atomic E-state index is 13.1. The van der Waals surface area contributed by atoms with Crippen LogP contribution in [0.3, 0.4) is 0 Å². The summed E-state index contributed by atoms with van der Waals surface area (Å²) in [5.74, 6) is -0.700. The summed E-state index contributed by atoms with van der Waals surface area (Å²) in [6.45, 7) is 0.709. The van der Waals surface area contributed by atoms with Gasteiger partial charge in [0.25, 0.3) is 0 Å². The van der Waals surface area contributed by atoms with E-state index in [1.807, 2.05) is 18.2 Å². The summed E-state index contributed by atoms with van der Waals surface area (Å²) in [6.07, 6.45) is -0.0622. The topological polar surface area (TPSA) is 108 Å². The van der Waals surface area contributed by atoms with Gasteiger partial charge in [-0.2, -0.15) is 0 Å². The Morgan fingerprint density at radius 2 is 1.97 bits per heavy atom.